The zero-order chi connectivity index (χ0) is 26.5. The standard InChI is InChI=1S/C22H20F3N3O7S/c1-3-33-16(30)10-9-15(29)26-19-17-14(11-36-19)18(21(32)34-4-2)27-28(20(17)31)12-5-7-13(8-6-12)35-22(23,24)25/h5-8,11H,3-4,9-10H2,1-2H3,(H,26,29). The minimum atomic E-state index is -4.90. The number of rotatable bonds is 9. The van der Waals surface area contributed by atoms with E-state index in [4.69, 9.17) is 9.47 Å². The highest BCUT2D eigenvalue weighted by Gasteiger charge is 2.31. The van der Waals surface area contributed by atoms with E-state index < -0.39 is 35.5 Å². The summed E-state index contributed by atoms with van der Waals surface area (Å²) in [4.78, 5) is 49.7. The predicted molar refractivity (Wildman–Crippen MR) is 122 cm³/mol. The van der Waals surface area contributed by atoms with Gasteiger partial charge in [-0.05, 0) is 38.1 Å². The Kier molecular flexibility index (Phi) is 8.29. The monoisotopic (exact) mass is 527 g/mol. The maximum atomic E-state index is 13.3. The molecule has 2 aromatic heterocycles. The lowest BCUT2D eigenvalue weighted by Crippen LogP contribution is -2.25. The normalized spacial score (nSPS) is 11.2. The average molecular weight is 527 g/mol. The van der Waals surface area contributed by atoms with Crippen LogP contribution in [0.25, 0.3) is 16.5 Å². The number of alkyl halides is 3. The van der Waals surface area contributed by atoms with Gasteiger partial charge in [0.05, 0.1) is 30.7 Å². The second-order valence-electron chi connectivity index (χ2n) is 7.03. The molecule has 0 bridgehead atoms. The second-order valence-corrected chi connectivity index (χ2v) is 7.91. The van der Waals surface area contributed by atoms with E-state index in [1.165, 1.54) is 5.38 Å². The number of hydrogen-bond acceptors (Lipinski definition) is 9. The summed E-state index contributed by atoms with van der Waals surface area (Å²) in [6.45, 7) is 3.40. The first-order chi connectivity index (χ1) is 17.0. The summed E-state index contributed by atoms with van der Waals surface area (Å²) in [7, 11) is 0. The Labute approximate surface area is 205 Å². The van der Waals surface area contributed by atoms with Crippen molar-refractivity contribution >= 4 is 45.0 Å². The van der Waals surface area contributed by atoms with E-state index in [2.05, 4.69) is 15.2 Å². The summed E-state index contributed by atoms with van der Waals surface area (Å²) in [5.74, 6) is -2.49. The molecule has 0 unspecified atom stereocenters. The Morgan fingerprint density at radius 2 is 1.72 bits per heavy atom. The molecule has 1 aromatic carbocycles. The van der Waals surface area contributed by atoms with Gasteiger partial charge >= 0.3 is 18.3 Å². The summed E-state index contributed by atoms with van der Waals surface area (Å²) in [6.07, 6.45) is -5.28. The molecule has 0 saturated heterocycles. The summed E-state index contributed by atoms with van der Waals surface area (Å²) >= 11 is 0.958. The fourth-order valence-corrected chi connectivity index (χ4v) is 4.05. The first-order valence-electron chi connectivity index (χ1n) is 10.6. The first-order valence-corrected chi connectivity index (χ1v) is 11.4. The number of fused-ring (bicyclic) bond motifs is 1. The number of halogens is 3. The summed E-state index contributed by atoms with van der Waals surface area (Å²) in [5, 5.41) is 8.22. The third-order valence-electron chi connectivity index (χ3n) is 4.55. The maximum absolute atomic E-state index is 13.3. The van der Waals surface area contributed by atoms with E-state index in [0.717, 1.165) is 40.3 Å². The van der Waals surface area contributed by atoms with Gasteiger partial charge in [-0.25, -0.2) is 4.79 Å². The molecule has 192 valence electrons. The molecular formula is C22H20F3N3O7S. The van der Waals surface area contributed by atoms with E-state index in [1.807, 2.05) is 0 Å². The average Bonchev–Trinajstić information content (AvgIpc) is 3.22. The Morgan fingerprint density at radius 1 is 1.06 bits per heavy atom. The molecule has 36 heavy (non-hydrogen) atoms. The molecule has 0 radical (unpaired) electrons. The van der Waals surface area contributed by atoms with Crippen molar-refractivity contribution in [3.8, 4) is 11.4 Å². The first kappa shape index (κ1) is 26.7. The van der Waals surface area contributed by atoms with Crippen LogP contribution in [0.4, 0.5) is 18.2 Å². The minimum absolute atomic E-state index is 0.0200. The number of thiophene rings is 1. The van der Waals surface area contributed by atoms with Crippen molar-refractivity contribution in [3.63, 3.8) is 0 Å². The van der Waals surface area contributed by atoms with Gasteiger partial charge in [-0.3, -0.25) is 14.4 Å². The van der Waals surface area contributed by atoms with Gasteiger partial charge in [0, 0.05) is 17.2 Å². The van der Waals surface area contributed by atoms with Crippen LogP contribution in [0.2, 0.25) is 0 Å². The highest BCUT2D eigenvalue weighted by molar-refractivity contribution is 7.16. The maximum Gasteiger partial charge on any atom is 0.573 e. The molecule has 1 N–H and O–H groups in total. The van der Waals surface area contributed by atoms with Crippen LogP contribution in [-0.2, 0) is 19.1 Å². The smallest absolute Gasteiger partial charge is 0.466 e. The van der Waals surface area contributed by atoms with Crippen molar-refractivity contribution in [1.82, 2.24) is 9.78 Å². The lowest BCUT2D eigenvalue weighted by molar-refractivity contribution is -0.274. The van der Waals surface area contributed by atoms with E-state index in [1.54, 1.807) is 13.8 Å². The quantitative estimate of drug-likeness (QED) is 0.417. The third kappa shape index (κ3) is 6.38. The van der Waals surface area contributed by atoms with Crippen molar-refractivity contribution in [3.05, 3.63) is 45.7 Å². The molecule has 0 saturated carbocycles. The molecule has 0 aliphatic heterocycles. The van der Waals surface area contributed by atoms with Gasteiger partial charge in [0.2, 0.25) is 5.91 Å². The number of carbonyl (C=O) groups is 3. The number of aromatic nitrogens is 2. The number of ether oxygens (including phenoxy) is 3. The Morgan fingerprint density at radius 3 is 2.33 bits per heavy atom. The molecule has 3 rings (SSSR count). The number of hydrogen-bond donors (Lipinski definition) is 1. The third-order valence-corrected chi connectivity index (χ3v) is 5.45. The van der Waals surface area contributed by atoms with E-state index in [0.29, 0.717) is 0 Å². The van der Waals surface area contributed by atoms with Crippen LogP contribution in [0, 0.1) is 0 Å². The predicted octanol–water partition coefficient (Wildman–Crippen LogP) is 3.80. The van der Waals surface area contributed by atoms with Gasteiger partial charge in [-0.2, -0.15) is 9.78 Å². The largest absolute Gasteiger partial charge is 0.573 e. The summed E-state index contributed by atoms with van der Waals surface area (Å²) in [5.41, 5.74) is -0.942. The molecule has 0 aliphatic rings. The van der Waals surface area contributed by atoms with Gasteiger partial charge in [0.15, 0.2) is 5.69 Å². The Balaban J connectivity index is 2.03. The second kappa shape index (κ2) is 11.2. The molecule has 3 aromatic rings. The van der Waals surface area contributed by atoms with Crippen LogP contribution in [-0.4, -0.2) is 47.2 Å². The molecule has 1 amide bonds. The SMILES string of the molecule is CCOC(=O)CCC(=O)Nc1scc2c(C(=O)OCC)nn(-c3ccc(OC(F)(F)F)cc3)c(=O)c12. The van der Waals surface area contributed by atoms with Crippen LogP contribution in [0.15, 0.2) is 34.4 Å². The number of benzene rings is 1. The van der Waals surface area contributed by atoms with E-state index in [-0.39, 0.29) is 53.2 Å². The van der Waals surface area contributed by atoms with Crippen LogP contribution in [0.5, 0.6) is 5.75 Å². The zero-order valence-corrected chi connectivity index (χ0v) is 19.8. The number of anilines is 1. The van der Waals surface area contributed by atoms with Crippen molar-refractivity contribution in [2.24, 2.45) is 0 Å². The number of nitrogens with zero attached hydrogens (tertiary/aromatic N) is 2. The minimum Gasteiger partial charge on any atom is -0.466 e. The van der Waals surface area contributed by atoms with Crippen molar-refractivity contribution in [1.29, 1.82) is 0 Å². The van der Waals surface area contributed by atoms with Gasteiger partial charge in [-0.15, -0.1) is 24.5 Å². The molecule has 14 heteroatoms. The van der Waals surface area contributed by atoms with Crippen molar-refractivity contribution in [2.75, 3.05) is 18.5 Å². The highest BCUT2D eigenvalue weighted by atomic mass is 32.1. The van der Waals surface area contributed by atoms with Gasteiger partial charge < -0.3 is 19.5 Å². The van der Waals surface area contributed by atoms with E-state index >= 15 is 0 Å². The topological polar surface area (TPSA) is 126 Å². The van der Waals surface area contributed by atoms with Crippen LogP contribution in [0.1, 0.15) is 37.2 Å². The summed E-state index contributed by atoms with van der Waals surface area (Å²) in [6, 6.07) is 4.27. The Hall–Kier alpha value is -3.94. The van der Waals surface area contributed by atoms with Crippen molar-refractivity contribution < 1.29 is 41.8 Å². The molecule has 0 spiro atoms. The molecule has 2 heterocycles. The molecule has 0 atom stereocenters. The molecule has 10 nitrogen and oxygen atoms in total. The fraction of sp³-hybridized carbons (Fsp3) is 0.318. The lowest BCUT2D eigenvalue weighted by atomic mass is 10.2. The Bertz CT molecular complexity index is 1330. The zero-order valence-electron chi connectivity index (χ0n) is 19.0. The number of amides is 1. The van der Waals surface area contributed by atoms with E-state index in [9.17, 15) is 32.3 Å². The lowest BCUT2D eigenvalue weighted by Gasteiger charge is -2.11. The van der Waals surface area contributed by atoms with Crippen LogP contribution < -0.4 is 15.6 Å². The molecule has 0 aliphatic carbocycles. The summed E-state index contributed by atoms with van der Waals surface area (Å²) < 4.78 is 51.9. The van der Waals surface area contributed by atoms with Gasteiger partial charge in [0.1, 0.15) is 10.8 Å². The van der Waals surface area contributed by atoms with Crippen LogP contribution >= 0.6 is 11.3 Å². The van der Waals surface area contributed by atoms with Gasteiger partial charge in [-0.1, -0.05) is 0 Å². The fourth-order valence-electron chi connectivity index (χ4n) is 3.09. The van der Waals surface area contributed by atoms with Gasteiger partial charge in [0.25, 0.3) is 5.56 Å². The molecular weight excluding hydrogens is 507 g/mol. The number of nitrogens with one attached hydrogen (secondary N) is 1. The van der Waals surface area contributed by atoms with Crippen LogP contribution in [0.3, 0.4) is 0 Å². The molecule has 0 fully saturated rings. The highest BCUT2D eigenvalue weighted by Crippen LogP contribution is 2.31. The number of carbonyl (C=O) groups excluding carboxylic acids is 3. The van der Waals surface area contributed by atoms with Crippen molar-refractivity contribution in [2.45, 2.75) is 33.1 Å². The number of esters is 2.